The Kier molecular flexibility index (Phi) is 3.50. The maximum absolute atomic E-state index is 9.36. The van der Waals surface area contributed by atoms with Gasteiger partial charge in [-0.2, -0.15) is 5.10 Å². The highest BCUT2D eigenvalue weighted by molar-refractivity contribution is 5.40. The molecule has 2 aromatic rings. The van der Waals surface area contributed by atoms with E-state index in [-0.39, 0.29) is 12.0 Å². The second kappa shape index (κ2) is 4.82. The standard InChI is InChI=1S/C16H22N2O/c1-11-15(10-19)12(2)18(17-11)14-8-6-13(7-9-14)16(3,4)5/h6-9,19H,10H2,1-5H3. The minimum Gasteiger partial charge on any atom is -0.392 e. The molecule has 3 nitrogen and oxygen atoms in total. The monoisotopic (exact) mass is 258 g/mol. The fourth-order valence-corrected chi connectivity index (χ4v) is 2.26. The molecule has 1 heterocycles. The van der Waals surface area contributed by atoms with Gasteiger partial charge in [0.05, 0.1) is 18.0 Å². The minimum absolute atomic E-state index is 0.0394. The Hall–Kier alpha value is -1.61. The Morgan fingerprint density at radius 1 is 1.11 bits per heavy atom. The minimum atomic E-state index is 0.0394. The van der Waals surface area contributed by atoms with Crippen molar-refractivity contribution in [1.29, 1.82) is 0 Å². The molecule has 102 valence electrons. The second-order valence-electron chi connectivity index (χ2n) is 6.02. The third kappa shape index (κ3) is 2.56. The van der Waals surface area contributed by atoms with E-state index in [9.17, 15) is 5.11 Å². The quantitative estimate of drug-likeness (QED) is 0.897. The zero-order valence-corrected chi connectivity index (χ0v) is 12.4. The summed E-state index contributed by atoms with van der Waals surface area (Å²) in [6.07, 6.45) is 0. The zero-order chi connectivity index (χ0) is 14.2. The third-order valence-corrected chi connectivity index (χ3v) is 3.58. The topological polar surface area (TPSA) is 38.0 Å². The summed E-state index contributed by atoms with van der Waals surface area (Å²) in [5.41, 5.74) is 5.31. The van der Waals surface area contributed by atoms with Crippen LogP contribution in [0.4, 0.5) is 0 Å². The normalized spacial score (nSPS) is 11.9. The molecule has 0 bridgehead atoms. The molecule has 0 saturated heterocycles. The Morgan fingerprint density at radius 3 is 2.11 bits per heavy atom. The van der Waals surface area contributed by atoms with Crippen LogP contribution in [0.1, 0.15) is 43.3 Å². The van der Waals surface area contributed by atoms with Crippen LogP contribution in [0.3, 0.4) is 0 Å². The molecule has 19 heavy (non-hydrogen) atoms. The molecule has 0 spiro atoms. The van der Waals surface area contributed by atoms with Gasteiger partial charge >= 0.3 is 0 Å². The first-order valence-corrected chi connectivity index (χ1v) is 6.61. The van der Waals surface area contributed by atoms with Gasteiger partial charge in [-0.25, -0.2) is 4.68 Å². The number of aryl methyl sites for hydroxylation is 1. The molecule has 3 heteroatoms. The van der Waals surface area contributed by atoms with Gasteiger partial charge in [0.2, 0.25) is 0 Å². The molecule has 0 amide bonds. The first-order valence-electron chi connectivity index (χ1n) is 6.61. The second-order valence-corrected chi connectivity index (χ2v) is 6.02. The lowest BCUT2D eigenvalue weighted by Crippen LogP contribution is -2.11. The number of benzene rings is 1. The molecular weight excluding hydrogens is 236 g/mol. The van der Waals surface area contributed by atoms with E-state index in [2.05, 4.69) is 50.1 Å². The molecular formula is C16H22N2O. The van der Waals surface area contributed by atoms with Crippen molar-refractivity contribution in [2.45, 2.75) is 46.6 Å². The van der Waals surface area contributed by atoms with Crippen LogP contribution in [-0.4, -0.2) is 14.9 Å². The lowest BCUT2D eigenvalue weighted by molar-refractivity contribution is 0.280. The molecule has 0 unspecified atom stereocenters. The van der Waals surface area contributed by atoms with Gasteiger partial charge in [-0.05, 0) is 37.0 Å². The van der Waals surface area contributed by atoms with E-state index in [1.165, 1.54) is 5.56 Å². The molecule has 0 saturated carbocycles. The number of rotatable bonds is 2. The van der Waals surface area contributed by atoms with Crippen LogP contribution < -0.4 is 0 Å². The van der Waals surface area contributed by atoms with Crippen LogP contribution >= 0.6 is 0 Å². The summed E-state index contributed by atoms with van der Waals surface area (Å²) in [5.74, 6) is 0. The maximum Gasteiger partial charge on any atom is 0.0718 e. The number of aliphatic hydroxyl groups excluding tert-OH is 1. The van der Waals surface area contributed by atoms with Crippen molar-refractivity contribution in [2.24, 2.45) is 0 Å². The Bertz CT molecular complexity index is 574. The summed E-state index contributed by atoms with van der Waals surface area (Å²) >= 11 is 0. The summed E-state index contributed by atoms with van der Waals surface area (Å²) in [5, 5.41) is 13.9. The highest BCUT2D eigenvalue weighted by atomic mass is 16.3. The maximum atomic E-state index is 9.36. The Balaban J connectivity index is 2.43. The Labute approximate surface area is 114 Å². The zero-order valence-electron chi connectivity index (χ0n) is 12.4. The van der Waals surface area contributed by atoms with Crippen molar-refractivity contribution < 1.29 is 5.11 Å². The van der Waals surface area contributed by atoms with Crippen molar-refractivity contribution in [3.63, 3.8) is 0 Å². The number of aliphatic hydroxyl groups is 1. The van der Waals surface area contributed by atoms with E-state index in [0.717, 1.165) is 22.6 Å². The van der Waals surface area contributed by atoms with Crippen LogP contribution in [0, 0.1) is 13.8 Å². The van der Waals surface area contributed by atoms with Gasteiger partial charge in [0, 0.05) is 11.3 Å². The van der Waals surface area contributed by atoms with E-state index in [1.54, 1.807) is 0 Å². The predicted molar refractivity (Wildman–Crippen MR) is 77.7 cm³/mol. The predicted octanol–water partition coefficient (Wildman–Crippen LogP) is 3.28. The van der Waals surface area contributed by atoms with Gasteiger partial charge in [-0.3, -0.25) is 0 Å². The van der Waals surface area contributed by atoms with Crippen molar-refractivity contribution in [3.8, 4) is 5.69 Å². The first-order chi connectivity index (χ1) is 8.84. The van der Waals surface area contributed by atoms with Crippen LogP contribution in [0.5, 0.6) is 0 Å². The molecule has 0 aliphatic heterocycles. The smallest absolute Gasteiger partial charge is 0.0718 e. The first kappa shape index (κ1) is 13.8. The SMILES string of the molecule is Cc1nn(-c2ccc(C(C)(C)C)cc2)c(C)c1CO. The van der Waals surface area contributed by atoms with Crippen molar-refractivity contribution in [2.75, 3.05) is 0 Å². The van der Waals surface area contributed by atoms with Crippen molar-refractivity contribution in [1.82, 2.24) is 9.78 Å². The lowest BCUT2D eigenvalue weighted by Gasteiger charge is -2.19. The highest BCUT2D eigenvalue weighted by Crippen LogP contribution is 2.24. The van der Waals surface area contributed by atoms with Crippen LogP contribution in [-0.2, 0) is 12.0 Å². The van der Waals surface area contributed by atoms with E-state index >= 15 is 0 Å². The molecule has 1 aromatic heterocycles. The number of nitrogens with zero attached hydrogens (tertiary/aromatic N) is 2. The number of hydrogen-bond acceptors (Lipinski definition) is 2. The van der Waals surface area contributed by atoms with Gasteiger partial charge < -0.3 is 5.11 Å². The summed E-state index contributed by atoms with van der Waals surface area (Å²) < 4.78 is 1.90. The van der Waals surface area contributed by atoms with Gasteiger partial charge in [0.25, 0.3) is 0 Å². The molecule has 2 rings (SSSR count). The van der Waals surface area contributed by atoms with Gasteiger partial charge in [-0.1, -0.05) is 32.9 Å². The Morgan fingerprint density at radius 2 is 1.68 bits per heavy atom. The summed E-state index contributed by atoms with van der Waals surface area (Å²) in [6.45, 7) is 10.6. The average molecular weight is 258 g/mol. The van der Waals surface area contributed by atoms with E-state index in [1.807, 2.05) is 18.5 Å². The van der Waals surface area contributed by atoms with Crippen LogP contribution in [0.15, 0.2) is 24.3 Å². The van der Waals surface area contributed by atoms with Crippen LogP contribution in [0.25, 0.3) is 5.69 Å². The fourth-order valence-electron chi connectivity index (χ4n) is 2.26. The fraction of sp³-hybridized carbons (Fsp3) is 0.438. The van der Waals surface area contributed by atoms with E-state index in [0.29, 0.717) is 0 Å². The molecule has 0 fully saturated rings. The average Bonchev–Trinajstić information content (AvgIpc) is 2.63. The summed E-state index contributed by atoms with van der Waals surface area (Å²) in [4.78, 5) is 0. The van der Waals surface area contributed by atoms with Gasteiger partial charge in [-0.15, -0.1) is 0 Å². The molecule has 0 atom stereocenters. The summed E-state index contributed by atoms with van der Waals surface area (Å²) in [7, 11) is 0. The molecule has 1 aromatic carbocycles. The van der Waals surface area contributed by atoms with Crippen molar-refractivity contribution in [3.05, 3.63) is 46.8 Å². The van der Waals surface area contributed by atoms with E-state index < -0.39 is 0 Å². The highest BCUT2D eigenvalue weighted by Gasteiger charge is 2.15. The molecule has 0 aliphatic carbocycles. The largest absolute Gasteiger partial charge is 0.392 e. The lowest BCUT2D eigenvalue weighted by atomic mass is 9.87. The van der Waals surface area contributed by atoms with Gasteiger partial charge in [0.1, 0.15) is 0 Å². The molecule has 1 N–H and O–H groups in total. The van der Waals surface area contributed by atoms with Crippen LogP contribution in [0.2, 0.25) is 0 Å². The van der Waals surface area contributed by atoms with Crippen molar-refractivity contribution >= 4 is 0 Å². The van der Waals surface area contributed by atoms with Gasteiger partial charge in [0.15, 0.2) is 0 Å². The number of hydrogen-bond donors (Lipinski definition) is 1. The molecule has 0 aliphatic rings. The number of aromatic nitrogens is 2. The third-order valence-electron chi connectivity index (χ3n) is 3.58. The van der Waals surface area contributed by atoms with E-state index in [4.69, 9.17) is 0 Å². The molecule has 0 radical (unpaired) electrons. The summed E-state index contributed by atoms with van der Waals surface area (Å²) in [6, 6.07) is 8.46.